The molecule has 0 bridgehead atoms. The maximum absolute atomic E-state index is 11.6. The zero-order chi connectivity index (χ0) is 17.2. The fourth-order valence-corrected chi connectivity index (χ4v) is 3.63. The summed E-state index contributed by atoms with van der Waals surface area (Å²) in [5, 5.41) is 8.40. The number of likely N-dealkylation sites (tertiary alicyclic amines) is 1. The highest BCUT2D eigenvalue weighted by atomic mass is 16.4. The van der Waals surface area contributed by atoms with Gasteiger partial charge in [0.2, 0.25) is 17.7 Å². The van der Waals surface area contributed by atoms with Crippen molar-refractivity contribution in [1.29, 1.82) is 0 Å². The number of rotatable bonds is 3. The molecule has 132 valence electrons. The zero-order valence-electron chi connectivity index (χ0n) is 14.5. The number of carbonyl (C=O) groups excluding carboxylic acids is 1. The summed E-state index contributed by atoms with van der Waals surface area (Å²) in [6.07, 6.45) is 6.20. The first kappa shape index (κ1) is 16.1. The molecule has 1 amide bonds. The average molecular weight is 341 g/mol. The highest BCUT2D eigenvalue weighted by Gasteiger charge is 2.27. The molecule has 1 atom stereocenters. The molecule has 0 unspecified atom stereocenters. The molecule has 0 spiro atoms. The van der Waals surface area contributed by atoms with E-state index in [2.05, 4.69) is 20.1 Å². The monoisotopic (exact) mass is 341 g/mol. The third kappa shape index (κ3) is 3.36. The quantitative estimate of drug-likeness (QED) is 0.854. The normalized spacial score (nSPS) is 20.9. The predicted octanol–water partition coefficient (Wildman–Crippen LogP) is 2.46. The average Bonchev–Trinajstić information content (AvgIpc) is 3.34. The fourth-order valence-electron chi connectivity index (χ4n) is 3.63. The second kappa shape index (κ2) is 6.82. The van der Waals surface area contributed by atoms with Gasteiger partial charge in [-0.3, -0.25) is 4.79 Å². The van der Waals surface area contributed by atoms with Crippen molar-refractivity contribution in [3.05, 3.63) is 24.2 Å². The third-order valence-corrected chi connectivity index (χ3v) is 5.08. The molecule has 0 saturated carbocycles. The minimum Gasteiger partial charge on any atom is -0.420 e. The van der Waals surface area contributed by atoms with Gasteiger partial charge >= 0.3 is 0 Å². The lowest BCUT2D eigenvalue weighted by atomic mass is 9.98. The van der Waals surface area contributed by atoms with Gasteiger partial charge in [0.25, 0.3) is 0 Å². The topological polar surface area (TPSA) is 75.4 Å². The Morgan fingerprint density at radius 2 is 2.00 bits per heavy atom. The number of pyridine rings is 1. The van der Waals surface area contributed by atoms with Crippen LogP contribution in [-0.4, -0.2) is 52.2 Å². The minimum atomic E-state index is 0.103. The number of nitrogens with zero attached hydrogens (tertiary/aromatic N) is 5. The van der Waals surface area contributed by atoms with Crippen molar-refractivity contribution in [2.24, 2.45) is 0 Å². The van der Waals surface area contributed by atoms with Gasteiger partial charge < -0.3 is 14.2 Å². The largest absolute Gasteiger partial charge is 0.420 e. The van der Waals surface area contributed by atoms with Crippen LogP contribution in [0.3, 0.4) is 0 Å². The lowest BCUT2D eigenvalue weighted by molar-refractivity contribution is -0.130. The van der Waals surface area contributed by atoms with Gasteiger partial charge in [-0.25, -0.2) is 4.98 Å². The standard InChI is InChI=1S/C18H23N5O2/c1-13(24)23-10-4-5-15(12-23)18-21-20-17(25-18)14-6-7-16(19-11-14)22-8-2-3-9-22/h6-7,11,15H,2-5,8-10,12H2,1H3/t15-/m0/s1. The van der Waals surface area contributed by atoms with E-state index in [4.69, 9.17) is 4.42 Å². The summed E-state index contributed by atoms with van der Waals surface area (Å²) >= 11 is 0. The lowest BCUT2D eigenvalue weighted by Gasteiger charge is -2.30. The number of hydrogen-bond donors (Lipinski definition) is 0. The van der Waals surface area contributed by atoms with Crippen LogP contribution in [-0.2, 0) is 4.79 Å². The number of amides is 1. The molecule has 25 heavy (non-hydrogen) atoms. The Bertz CT molecular complexity index is 736. The summed E-state index contributed by atoms with van der Waals surface area (Å²) in [7, 11) is 0. The van der Waals surface area contributed by atoms with E-state index in [0.29, 0.717) is 18.3 Å². The minimum absolute atomic E-state index is 0.103. The number of piperidine rings is 1. The highest BCUT2D eigenvalue weighted by molar-refractivity contribution is 5.73. The predicted molar refractivity (Wildman–Crippen MR) is 93.2 cm³/mol. The van der Waals surface area contributed by atoms with Gasteiger partial charge in [-0.05, 0) is 37.8 Å². The number of anilines is 1. The Balaban J connectivity index is 1.48. The van der Waals surface area contributed by atoms with Crippen molar-refractivity contribution in [3.63, 3.8) is 0 Å². The van der Waals surface area contributed by atoms with Gasteiger partial charge in [-0.1, -0.05) is 0 Å². The van der Waals surface area contributed by atoms with Gasteiger partial charge in [-0.15, -0.1) is 10.2 Å². The zero-order valence-corrected chi connectivity index (χ0v) is 14.5. The smallest absolute Gasteiger partial charge is 0.249 e. The van der Waals surface area contributed by atoms with E-state index in [1.165, 1.54) is 12.8 Å². The summed E-state index contributed by atoms with van der Waals surface area (Å²) in [6.45, 7) is 5.23. The Labute approximate surface area is 147 Å². The summed E-state index contributed by atoms with van der Waals surface area (Å²) in [5.74, 6) is 2.34. The van der Waals surface area contributed by atoms with Crippen molar-refractivity contribution in [2.45, 2.75) is 38.5 Å². The van der Waals surface area contributed by atoms with E-state index >= 15 is 0 Å². The van der Waals surface area contributed by atoms with Gasteiger partial charge in [0, 0.05) is 39.3 Å². The van der Waals surface area contributed by atoms with Crippen molar-refractivity contribution < 1.29 is 9.21 Å². The number of carbonyl (C=O) groups is 1. The molecule has 4 heterocycles. The van der Waals surface area contributed by atoms with E-state index in [0.717, 1.165) is 43.9 Å². The van der Waals surface area contributed by atoms with Crippen molar-refractivity contribution >= 4 is 11.7 Å². The third-order valence-electron chi connectivity index (χ3n) is 5.08. The highest BCUT2D eigenvalue weighted by Crippen LogP contribution is 2.29. The molecule has 7 nitrogen and oxygen atoms in total. The Morgan fingerprint density at radius 3 is 2.72 bits per heavy atom. The van der Waals surface area contributed by atoms with Gasteiger partial charge in [0.05, 0.1) is 11.5 Å². The van der Waals surface area contributed by atoms with Crippen LogP contribution in [0.4, 0.5) is 5.82 Å². The number of aromatic nitrogens is 3. The first-order valence-corrected chi connectivity index (χ1v) is 9.01. The Morgan fingerprint density at radius 1 is 1.16 bits per heavy atom. The fraction of sp³-hybridized carbons (Fsp3) is 0.556. The van der Waals surface area contributed by atoms with E-state index in [1.54, 1.807) is 13.1 Å². The molecule has 2 aromatic rings. The van der Waals surface area contributed by atoms with Crippen molar-refractivity contribution in [3.8, 4) is 11.5 Å². The second-order valence-electron chi connectivity index (χ2n) is 6.85. The maximum atomic E-state index is 11.6. The summed E-state index contributed by atoms with van der Waals surface area (Å²) in [4.78, 5) is 20.3. The van der Waals surface area contributed by atoms with Gasteiger partial charge in [0.15, 0.2) is 0 Å². The molecule has 0 aliphatic carbocycles. The Kier molecular flexibility index (Phi) is 4.38. The van der Waals surface area contributed by atoms with Crippen LogP contribution in [0.15, 0.2) is 22.7 Å². The van der Waals surface area contributed by atoms with E-state index < -0.39 is 0 Å². The van der Waals surface area contributed by atoms with Gasteiger partial charge in [0.1, 0.15) is 5.82 Å². The second-order valence-corrected chi connectivity index (χ2v) is 6.85. The van der Waals surface area contributed by atoms with Crippen LogP contribution in [0.5, 0.6) is 0 Å². The molecule has 0 radical (unpaired) electrons. The summed E-state index contributed by atoms with van der Waals surface area (Å²) < 4.78 is 5.89. The number of hydrogen-bond acceptors (Lipinski definition) is 6. The maximum Gasteiger partial charge on any atom is 0.249 e. The van der Waals surface area contributed by atoms with Crippen LogP contribution in [0, 0.1) is 0 Å². The molecule has 2 saturated heterocycles. The SMILES string of the molecule is CC(=O)N1CCC[C@H](c2nnc(-c3ccc(N4CCCC4)nc3)o2)C1. The van der Waals surface area contributed by atoms with Crippen molar-refractivity contribution in [1.82, 2.24) is 20.1 Å². The van der Waals surface area contributed by atoms with Crippen LogP contribution in [0.2, 0.25) is 0 Å². The van der Waals surface area contributed by atoms with Crippen molar-refractivity contribution in [2.75, 3.05) is 31.1 Å². The van der Waals surface area contributed by atoms with E-state index in [9.17, 15) is 4.79 Å². The molecular weight excluding hydrogens is 318 g/mol. The molecule has 2 aliphatic rings. The van der Waals surface area contributed by atoms with E-state index in [1.807, 2.05) is 17.0 Å². The molecule has 2 fully saturated rings. The Hall–Kier alpha value is -2.44. The molecule has 0 N–H and O–H groups in total. The molecule has 4 rings (SSSR count). The summed E-state index contributed by atoms with van der Waals surface area (Å²) in [5.41, 5.74) is 0.834. The van der Waals surface area contributed by atoms with Crippen LogP contribution in [0.25, 0.3) is 11.5 Å². The molecule has 2 aliphatic heterocycles. The molecular formula is C18H23N5O2. The van der Waals surface area contributed by atoms with E-state index in [-0.39, 0.29) is 11.8 Å². The first-order chi connectivity index (χ1) is 12.2. The first-order valence-electron chi connectivity index (χ1n) is 9.01. The van der Waals surface area contributed by atoms with Gasteiger partial charge in [-0.2, -0.15) is 0 Å². The van der Waals surface area contributed by atoms with Crippen LogP contribution < -0.4 is 4.90 Å². The van der Waals surface area contributed by atoms with Crippen LogP contribution >= 0.6 is 0 Å². The lowest BCUT2D eigenvalue weighted by Crippen LogP contribution is -2.37. The molecule has 0 aromatic carbocycles. The molecule has 7 heteroatoms. The van der Waals surface area contributed by atoms with Crippen LogP contribution in [0.1, 0.15) is 44.4 Å². The summed E-state index contributed by atoms with van der Waals surface area (Å²) in [6, 6.07) is 4.00. The molecule has 2 aromatic heterocycles.